The van der Waals surface area contributed by atoms with Crippen molar-refractivity contribution in [1.29, 1.82) is 0 Å². The Morgan fingerprint density at radius 2 is 2.41 bits per heavy atom. The van der Waals surface area contributed by atoms with Crippen molar-refractivity contribution in [2.24, 2.45) is 0 Å². The normalized spacial score (nSPS) is 9.94. The second kappa shape index (κ2) is 7.29. The maximum Gasteiger partial charge on any atom is 0.311 e. The van der Waals surface area contributed by atoms with Crippen LogP contribution < -0.4 is 5.32 Å². The first-order valence-electron chi connectivity index (χ1n) is 4.87. The monoisotopic (exact) mass is 317 g/mol. The number of nitrogens with zero attached hydrogens (tertiary/aromatic N) is 2. The molecule has 92 valence electrons. The van der Waals surface area contributed by atoms with Crippen LogP contribution in [0.5, 0.6) is 0 Å². The predicted octanol–water partition coefficient (Wildman–Crippen LogP) is 3.08. The molecule has 0 bridgehead atoms. The van der Waals surface area contributed by atoms with E-state index in [4.69, 9.17) is 0 Å². The zero-order valence-electron chi connectivity index (χ0n) is 9.06. The molecule has 5 nitrogen and oxygen atoms in total. The fourth-order valence-electron chi connectivity index (χ4n) is 1.15. The number of hydrogen-bond donors (Lipinski definition) is 1. The van der Waals surface area contributed by atoms with Crippen LogP contribution in [0, 0.1) is 10.1 Å². The number of nitrogens with one attached hydrogen (secondary N) is 1. The third-order valence-corrected chi connectivity index (χ3v) is 3.43. The van der Waals surface area contributed by atoms with Crippen molar-refractivity contribution in [1.82, 2.24) is 4.98 Å². The number of pyridine rings is 1. The minimum absolute atomic E-state index is 0.0203. The highest BCUT2D eigenvalue weighted by molar-refractivity contribution is 9.10. The Kier molecular flexibility index (Phi) is 5.99. The molecule has 7 heteroatoms. The van der Waals surface area contributed by atoms with Crippen LogP contribution in [0.3, 0.4) is 0 Å². The van der Waals surface area contributed by atoms with Crippen molar-refractivity contribution < 1.29 is 4.92 Å². The Hall–Kier alpha value is -1.08. The molecule has 0 aromatic carbocycles. The summed E-state index contributed by atoms with van der Waals surface area (Å²) in [5.74, 6) is 1.74. The summed E-state index contributed by atoms with van der Waals surface area (Å²) < 4.78 is 0.598. The highest BCUT2D eigenvalue weighted by Crippen LogP contribution is 2.30. The molecule has 0 aliphatic heterocycles. The second-order valence-corrected chi connectivity index (χ2v) is 5.07. The maximum atomic E-state index is 10.8. The lowest BCUT2D eigenvalue weighted by atomic mass is 10.3. The minimum atomic E-state index is -0.447. The van der Waals surface area contributed by atoms with Crippen LogP contribution in [0.15, 0.2) is 29.5 Å². The lowest BCUT2D eigenvalue weighted by Gasteiger charge is -2.07. The summed E-state index contributed by atoms with van der Waals surface area (Å²) in [4.78, 5) is 14.1. The molecule has 0 fully saturated rings. The quantitative estimate of drug-likeness (QED) is 0.362. The van der Waals surface area contributed by atoms with Gasteiger partial charge in [-0.2, -0.15) is 11.8 Å². The standard InChI is InChI=1S/C10H12BrN3O2S/c1-2-4-17-5-3-13-10-8(11)6-12-7-9(10)14(15)16/h2,6-7H,1,3-5H2,(H,12,13). The summed E-state index contributed by atoms with van der Waals surface area (Å²) in [7, 11) is 0. The molecular weight excluding hydrogens is 306 g/mol. The van der Waals surface area contributed by atoms with E-state index < -0.39 is 4.92 Å². The summed E-state index contributed by atoms with van der Waals surface area (Å²) in [6.07, 6.45) is 4.60. The van der Waals surface area contributed by atoms with Gasteiger partial charge in [-0.3, -0.25) is 15.1 Å². The average molecular weight is 318 g/mol. The summed E-state index contributed by atoms with van der Waals surface area (Å²) in [5.41, 5.74) is 0.456. The van der Waals surface area contributed by atoms with Crippen LogP contribution in [0.1, 0.15) is 0 Å². The van der Waals surface area contributed by atoms with Gasteiger partial charge in [0.25, 0.3) is 0 Å². The molecular formula is C10H12BrN3O2S. The van der Waals surface area contributed by atoms with Gasteiger partial charge < -0.3 is 5.32 Å². The number of rotatable bonds is 7. The van der Waals surface area contributed by atoms with E-state index in [1.165, 1.54) is 12.4 Å². The zero-order valence-corrected chi connectivity index (χ0v) is 11.5. The van der Waals surface area contributed by atoms with E-state index in [1.54, 1.807) is 11.8 Å². The smallest absolute Gasteiger partial charge is 0.311 e. The molecule has 17 heavy (non-hydrogen) atoms. The summed E-state index contributed by atoms with van der Waals surface area (Å²) in [6, 6.07) is 0. The van der Waals surface area contributed by atoms with Crippen molar-refractivity contribution in [2.45, 2.75) is 0 Å². The van der Waals surface area contributed by atoms with E-state index in [1.807, 2.05) is 6.08 Å². The van der Waals surface area contributed by atoms with Gasteiger partial charge in [-0.05, 0) is 15.9 Å². The molecule has 1 N–H and O–H groups in total. The molecule has 0 atom stereocenters. The summed E-state index contributed by atoms with van der Waals surface area (Å²) >= 11 is 4.96. The van der Waals surface area contributed by atoms with E-state index in [9.17, 15) is 10.1 Å². The van der Waals surface area contributed by atoms with Crippen LogP contribution >= 0.6 is 27.7 Å². The predicted molar refractivity (Wildman–Crippen MR) is 74.6 cm³/mol. The van der Waals surface area contributed by atoms with Crippen molar-refractivity contribution in [3.8, 4) is 0 Å². The number of hydrogen-bond acceptors (Lipinski definition) is 5. The van der Waals surface area contributed by atoms with Crippen LogP contribution in [-0.2, 0) is 0 Å². The summed E-state index contributed by atoms with van der Waals surface area (Å²) in [6.45, 7) is 4.28. The molecule has 0 unspecified atom stereocenters. The topological polar surface area (TPSA) is 68.1 Å². The van der Waals surface area contributed by atoms with Crippen LogP contribution in [-0.4, -0.2) is 28.0 Å². The van der Waals surface area contributed by atoms with Crippen LogP contribution in [0.25, 0.3) is 0 Å². The molecule has 0 amide bonds. The van der Waals surface area contributed by atoms with Crippen LogP contribution in [0.4, 0.5) is 11.4 Å². The molecule has 0 radical (unpaired) electrons. The Balaban J connectivity index is 2.62. The van der Waals surface area contributed by atoms with E-state index >= 15 is 0 Å². The lowest BCUT2D eigenvalue weighted by Crippen LogP contribution is -2.07. The molecule has 0 spiro atoms. The fraction of sp³-hybridized carbons (Fsp3) is 0.300. The van der Waals surface area contributed by atoms with Crippen molar-refractivity contribution >= 4 is 39.1 Å². The molecule has 0 saturated heterocycles. The van der Waals surface area contributed by atoms with E-state index in [0.717, 1.165) is 11.5 Å². The van der Waals surface area contributed by atoms with Crippen molar-refractivity contribution in [2.75, 3.05) is 23.4 Å². The van der Waals surface area contributed by atoms with Crippen molar-refractivity contribution in [3.05, 3.63) is 39.6 Å². The van der Waals surface area contributed by atoms with Gasteiger partial charge in [0.2, 0.25) is 0 Å². The number of aromatic nitrogens is 1. The van der Waals surface area contributed by atoms with Gasteiger partial charge in [-0.1, -0.05) is 6.08 Å². The molecule has 0 saturated carbocycles. The Morgan fingerprint density at radius 3 is 3.06 bits per heavy atom. The first-order chi connectivity index (χ1) is 8.16. The van der Waals surface area contributed by atoms with Gasteiger partial charge in [0.1, 0.15) is 11.9 Å². The lowest BCUT2D eigenvalue weighted by molar-refractivity contribution is -0.384. The third kappa shape index (κ3) is 4.35. The minimum Gasteiger partial charge on any atom is -0.378 e. The number of thioether (sulfide) groups is 1. The number of halogens is 1. The van der Waals surface area contributed by atoms with E-state index in [2.05, 4.69) is 32.8 Å². The third-order valence-electron chi connectivity index (χ3n) is 1.86. The second-order valence-electron chi connectivity index (χ2n) is 3.06. The molecule has 0 aliphatic carbocycles. The highest BCUT2D eigenvalue weighted by Gasteiger charge is 2.16. The zero-order chi connectivity index (χ0) is 12.7. The van der Waals surface area contributed by atoms with Gasteiger partial charge in [0.15, 0.2) is 0 Å². The molecule has 1 aromatic heterocycles. The molecule has 1 rings (SSSR count). The Bertz CT molecular complexity index is 415. The van der Waals surface area contributed by atoms with Crippen LogP contribution in [0.2, 0.25) is 0 Å². The van der Waals surface area contributed by atoms with Gasteiger partial charge in [-0.15, -0.1) is 6.58 Å². The van der Waals surface area contributed by atoms with Gasteiger partial charge in [-0.25, -0.2) is 0 Å². The van der Waals surface area contributed by atoms with Gasteiger partial charge in [0.05, 0.1) is 9.40 Å². The number of nitro groups is 1. The first-order valence-corrected chi connectivity index (χ1v) is 6.82. The summed E-state index contributed by atoms with van der Waals surface area (Å²) in [5, 5.41) is 13.8. The largest absolute Gasteiger partial charge is 0.378 e. The van der Waals surface area contributed by atoms with Gasteiger partial charge >= 0.3 is 5.69 Å². The van der Waals surface area contributed by atoms with E-state index in [0.29, 0.717) is 16.7 Å². The Morgan fingerprint density at radius 1 is 1.65 bits per heavy atom. The van der Waals surface area contributed by atoms with Gasteiger partial charge in [0, 0.05) is 24.2 Å². The number of anilines is 1. The maximum absolute atomic E-state index is 10.8. The van der Waals surface area contributed by atoms with E-state index in [-0.39, 0.29) is 5.69 Å². The molecule has 1 aromatic rings. The SMILES string of the molecule is C=CCSCCNc1c(Br)cncc1[N+](=O)[O-]. The fourth-order valence-corrected chi connectivity index (χ4v) is 2.19. The first kappa shape index (κ1) is 14.0. The average Bonchev–Trinajstić information content (AvgIpc) is 2.30. The molecule has 0 aliphatic rings. The highest BCUT2D eigenvalue weighted by atomic mass is 79.9. The molecule has 1 heterocycles. The van der Waals surface area contributed by atoms with Crippen molar-refractivity contribution in [3.63, 3.8) is 0 Å². The Labute approximate surface area is 112 Å².